The van der Waals surface area contributed by atoms with Crippen LogP contribution in [0.5, 0.6) is 0 Å². The maximum absolute atomic E-state index is 14.0. The molecule has 2 aliphatic rings. The SMILES string of the molecule is CCC(CC)n1c(Cc2cccs2)nc2cc(C(=O)C[C@@H](CC(C)C)C(=O)N3CC4CC3CN4c3cccc(F)c3)ccc21. The van der Waals surface area contributed by atoms with Crippen LogP contribution in [0.1, 0.15) is 86.9 Å². The molecule has 6 rings (SSSR count). The number of rotatable bonds is 12. The van der Waals surface area contributed by atoms with E-state index in [4.69, 9.17) is 4.98 Å². The van der Waals surface area contributed by atoms with E-state index < -0.39 is 0 Å². The molecule has 2 aliphatic heterocycles. The monoisotopic (exact) mass is 614 g/mol. The van der Waals surface area contributed by atoms with Crippen LogP contribution in [-0.4, -0.2) is 51.3 Å². The molecule has 0 N–H and O–H groups in total. The molecular weight excluding hydrogens is 571 g/mol. The molecule has 4 aromatic rings. The number of halogens is 1. The zero-order valence-corrected chi connectivity index (χ0v) is 27.0. The first-order valence-electron chi connectivity index (χ1n) is 16.1. The fraction of sp³-hybridized carbons (Fsp3) is 0.472. The molecule has 2 bridgehead atoms. The van der Waals surface area contributed by atoms with Crippen molar-refractivity contribution in [2.24, 2.45) is 11.8 Å². The molecule has 2 aromatic heterocycles. The number of fused-ring (bicyclic) bond motifs is 3. The summed E-state index contributed by atoms with van der Waals surface area (Å²) in [4.78, 5) is 38.3. The van der Waals surface area contributed by atoms with E-state index in [-0.39, 0.29) is 41.9 Å². The summed E-state index contributed by atoms with van der Waals surface area (Å²) in [6, 6.07) is 17.4. The van der Waals surface area contributed by atoms with Gasteiger partial charge in [0.1, 0.15) is 11.6 Å². The van der Waals surface area contributed by atoms with Gasteiger partial charge < -0.3 is 14.4 Å². The number of nitrogens with zero attached hydrogens (tertiary/aromatic N) is 4. The first-order chi connectivity index (χ1) is 21.2. The largest absolute Gasteiger partial charge is 0.365 e. The zero-order chi connectivity index (χ0) is 31.0. The number of benzene rings is 2. The van der Waals surface area contributed by atoms with Gasteiger partial charge in [0.2, 0.25) is 5.91 Å². The lowest BCUT2D eigenvalue weighted by Crippen LogP contribution is -2.50. The molecule has 2 fully saturated rings. The molecule has 44 heavy (non-hydrogen) atoms. The van der Waals surface area contributed by atoms with Crippen LogP contribution in [0.4, 0.5) is 10.1 Å². The summed E-state index contributed by atoms with van der Waals surface area (Å²) in [5.41, 5.74) is 3.40. The molecule has 0 aliphatic carbocycles. The third-order valence-corrected chi connectivity index (χ3v) is 10.4. The van der Waals surface area contributed by atoms with Crippen LogP contribution in [0.15, 0.2) is 60.0 Å². The third-order valence-electron chi connectivity index (χ3n) is 9.51. The summed E-state index contributed by atoms with van der Waals surface area (Å²) in [5, 5.41) is 2.10. The number of likely N-dealkylation sites (tertiary alicyclic amines) is 1. The zero-order valence-electron chi connectivity index (χ0n) is 26.2. The molecule has 8 heteroatoms. The predicted molar refractivity (Wildman–Crippen MR) is 176 cm³/mol. The Bertz CT molecular complexity index is 1630. The van der Waals surface area contributed by atoms with E-state index in [0.717, 1.165) is 48.2 Å². The number of carbonyl (C=O) groups excluding carboxylic acids is 2. The second-order valence-electron chi connectivity index (χ2n) is 12.9. The lowest BCUT2D eigenvalue weighted by atomic mass is 9.89. The Morgan fingerprint density at radius 1 is 1.02 bits per heavy atom. The number of Topliss-reactive ketones (excluding diaryl/α,β-unsaturated/α-hetero) is 1. The third kappa shape index (κ3) is 6.06. The Labute approximate surface area is 263 Å². The summed E-state index contributed by atoms with van der Waals surface area (Å²) in [5.74, 6) is 0.789. The van der Waals surface area contributed by atoms with Gasteiger partial charge in [-0.2, -0.15) is 0 Å². The molecule has 2 aromatic carbocycles. The molecule has 4 heterocycles. The Morgan fingerprint density at radius 3 is 2.50 bits per heavy atom. The molecule has 0 spiro atoms. The van der Waals surface area contributed by atoms with E-state index in [0.29, 0.717) is 37.0 Å². The highest BCUT2D eigenvalue weighted by Crippen LogP contribution is 2.37. The molecule has 2 saturated heterocycles. The molecule has 2 unspecified atom stereocenters. The highest BCUT2D eigenvalue weighted by Gasteiger charge is 2.46. The average molecular weight is 615 g/mol. The normalized spacial score (nSPS) is 18.7. The van der Waals surface area contributed by atoms with Crippen molar-refractivity contribution >= 4 is 39.7 Å². The van der Waals surface area contributed by atoms with Crippen molar-refractivity contribution in [3.05, 3.63) is 82.1 Å². The van der Waals surface area contributed by atoms with Crippen molar-refractivity contribution in [1.29, 1.82) is 0 Å². The number of carbonyl (C=O) groups is 2. The van der Waals surface area contributed by atoms with E-state index in [2.05, 4.69) is 54.7 Å². The minimum absolute atomic E-state index is 0.00599. The van der Waals surface area contributed by atoms with Gasteiger partial charge >= 0.3 is 0 Å². The predicted octanol–water partition coefficient (Wildman–Crippen LogP) is 7.91. The Balaban J connectivity index is 1.20. The van der Waals surface area contributed by atoms with Gasteiger partial charge in [0.25, 0.3) is 0 Å². The van der Waals surface area contributed by atoms with E-state index in [1.165, 1.54) is 10.9 Å². The number of imidazole rings is 1. The number of ketones is 1. The fourth-order valence-electron chi connectivity index (χ4n) is 7.40. The van der Waals surface area contributed by atoms with E-state index in [1.807, 2.05) is 29.2 Å². The quantitative estimate of drug-likeness (QED) is 0.152. The van der Waals surface area contributed by atoms with E-state index in [9.17, 15) is 14.0 Å². The van der Waals surface area contributed by atoms with Crippen molar-refractivity contribution in [3.63, 3.8) is 0 Å². The molecular formula is C36H43FN4O2S. The van der Waals surface area contributed by atoms with Crippen LogP contribution in [0.2, 0.25) is 0 Å². The van der Waals surface area contributed by atoms with Gasteiger partial charge in [0, 0.05) is 60.1 Å². The molecule has 232 valence electrons. The van der Waals surface area contributed by atoms with Gasteiger partial charge in [0.05, 0.1) is 17.1 Å². The highest BCUT2D eigenvalue weighted by molar-refractivity contribution is 7.09. The van der Waals surface area contributed by atoms with Crippen molar-refractivity contribution < 1.29 is 14.0 Å². The number of thiophene rings is 1. The van der Waals surface area contributed by atoms with Gasteiger partial charge in [-0.05, 0) is 79.4 Å². The van der Waals surface area contributed by atoms with Crippen LogP contribution < -0.4 is 4.90 Å². The Kier molecular flexibility index (Phi) is 8.90. The van der Waals surface area contributed by atoms with Gasteiger partial charge in [-0.3, -0.25) is 9.59 Å². The second kappa shape index (κ2) is 12.8. The molecule has 3 atom stereocenters. The van der Waals surface area contributed by atoms with Crippen molar-refractivity contribution in [3.8, 4) is 0 Å². The summed E-state index contributed by atoms with van der Waals surface area (Å²) < 4.78 is 16.2. The van der Waals surface area contributed by atoms with Crippen LogP contribution >= 0.6 is 11.3 Å². The lowest BCUT2D eigenvalue weighted by Gasteiger charge is -2.37. The van der Waals surface area contributed by atoms with Gasteiger partial charge in [-0.25, -0.2) is 9.37 Å². The van der Waals surface area contributed by atoms with Gasteiger partial charge in [-0.1, -0.05) is 39.8 Å². The number of aromatic nitrogens is 2. The summed E-state index contributed by atoms with van der Waals surface area (Å²) in [6.07, 6.45) is 4.54. The molecule has 1 amide bonds. The Morgan fingerprint density at radius 2 is 1.84 bits per heavy atom. The van der Waals surface area contributed by atoms with Gasteiger partial charge in [-0.15, -0.1) is 11.3 Å². The summed E-state index contributed by atoms with van der Waals surface area (Å²) in [6.45, 7) is 9.96. The maximum atomic E-state index is 14.0. The minimum atomic E-state index is -0.364. The molecule has 0 saturated carbocycles. The van der Waals surface area contributed by atoms with Crippen LogP contribution in [0.3, 0.4) is 0 Å². The molecule has 0 radical (unpaired) electrons. The maximum Gasteiger partial charge on any atom is 0.226 e. The van der Waals surface area contributed by atoms with E-state index in [1.54, 1.807) is 23.5 Å². The summed E-state index contributed by atoms with van der Waals surface area (Å²) >= 11 is 1.74. The number of anilines is 1. The second-order valence-corrected chi connectivity index (χ2v) is 14.0. The van der Waals surface area contributed by atoms with E-state index >= 15 is 0 Å². The Hall–Kier alpha value is -3.52. The topological polar surface area (TPSA) is 58.4 Å². The standard InChI is InChI=1S/C36H43FN4O2S/c1-5-27(6-2)41-33-13-12-24(16-32(33)38-35(41)20-31-11-8-14-44-31)34(42)17-25(15-23(3)4)36(43)40-22-29-19-30(40)21-39(29)28-10-7-9-26(37)18-28/h7-14,16,18,23,25,27,29-30H,5-6,15,17,19-22H2,1-4H3/t25-,29?,30?/m1/s1. The number of amides is 1. The molecule has 6 nitrogen and oxygen atoms in total. The van der Waals surface area contributed by atoms with Crippen molar-refractivity contribution in [2.75, 3.05) is 18.0 Å². The van der Waals surface area contributed by atoms with Crippen LogP contribution in [-0.2, 0) is 11.2 Å². The van der Waals surface area contributed by atoms with Crippen molar-refractivity contribution in [1.82, 2.24) is 14.5 Å². The van der Waals surface area contributed by atoms with Crippen LogP contribution in [0, 0.1) is 17.7 Å². The number of piperazine rings is 1. The van der Waals surface area contributed by atoms with Crippen LogP contribution in [0.25, 0.3) is 11.0 Å². The summed E-state index contributed by atoms with van der Waals surface area (Å²) in [7, 11) is 0. The van der Waals surface area contributed by atoms with Crippen molar-refractivity contribution in [2.45, 2.75) is 84.3 Å². The first kappa shape index (κ1) is 30.5. The van der Waals surface area contributed by atoms with Gasteiger partial charge in [0.15, 0.2) is 5.78 Å². The number of hydrogen-bond acceptors (Lipinski definition) is 5. The highest BCUT2D eigenvalue weighted by atomic mass is 32.1. The smallest absolute Gasteiger partial charge is 0.226 e. The fourth-order valence-corrected chi connectivity index (χ4v) is 8.10. The minimum Gasteiger partial charge on any atom is -0.365 e. The lowest BCUT2D eigenvalue weighted by molar-refractivity contribution is -0.137. The average Bonchev–Trinajstić information content (AvgIpc) is 3.81. The first-order valence-corrected chi connectivity index (χ1v) is 17.0. The number of hydrogen-bond donors (Lipinski definition) is 0.